The van der Waals surface area contributed by atoms with E-state index >= 15 is 0 Å². The van der Waals surface area contributed by atoms with E-state index in [0.717, 1.165) is 12.8 Å². The first-order valence-electron chi connectivity index (χ1n) is 7.68. The molecular formula is C17H27FN2. The Morgan fingerprint density at radius 2 is 2.10 bits per heavy atom. The molecule has 2 unspecified atom stereocenters. The number of likely N-dealkylation sites (N-methyl/N-ethyl adjacent to an activating group) is 1. The first kappa shape index (κ1) is 15.3. The summed E-state index contributed by atoms with van der Waals surface area (Å²) in [7, 11) is 1.99. The molecule has 1 aromatic carbocycles. The van der Waals surface area contributed by atoms with E-state index in [1.807, 2.05) is 19.2 Å². The average Bonchev–Trinajstić information content (AvgIpc) is 2.47. The number of anilines is 1. The van der Waals surface area contributed by atoms with Crippen molar-refractivity contribution in [1.29, 1.82) is 0 Å². The zero-order valence-corrected chi connectivity index (χ0v) is 12.9. The molecule has 0 saturated heterocycles. The number of para-hydroxylation sites is 1. The van der Waals surface area contributed by atoms with Gasteiger partial charge in [-0.15, -0.1) is 0 Å². The second-order valence-electron chi connectivity index (χ2n) is 6.54. The number of hydrogen-bond acceptors (Lipinski definition) is 2. The zero-order valence-electron chi connectivity index (χ0n) is 12.9. The molecule has 2 rings (SSSR count). The number of nitrogens with two attached hydrogens (primary N) is 1. The van der Waals surface area contributed by atoms with Crippen LogP contribution in [0.2, 0.25) is 0 Å². The summed E-state index contributed by atoms with van der Waals surface area (Å²) < 4.78 is 14.1. The Kier molecular flexibility index (Phi) is 4.69. The molecule has 0 amide bonds. The molecule has 1 fully saturated rings. The molecular weight excluding hydrogens is 251 g/mol. The third kappa shape index (κ3) is 2.83. The minimum absolute atomic E-state index is 0.102. The normalized spacial score (nSPS) is 26.8. The second kappa shape index (κ2) is 6.13. The highest BCUT2D eigenvalue weighted by atomic mass is 19.1. The highest BCUT2D eigenvalue weighted by Gasteiger charge is 2.40. The average molecular weight is 278 g/mol. The Morgan fingerprint density at radius 1 is 1.40 bits per heavy atom. The molecule has 0 radical (unpaired) electrons. The first-order chi connectivity index (χ1) is 9.50. The quantitative estimate of drug-likeness (QED) is 0.907. The lowest BCUT2D eigenvalue weighted by atomic mass is 9.71. The largest absolute Gasteiger partial charge is 0.365 e. The maximum atomic E-state index is 14.1. The van der Waals surface area contributed by atoms with Gasteiger partial charge < -0.3 is 10.6 Å². The molecule has 0 spiro atoms. The van der Waals surface area contributed by atoms with Crippen molar-refractivity contribution in [2.45, 2.75) is 45.1 Å². The molecule has 0 bridgehead atoms. The summed E-state index contributed by atoms with van der Waals surface area (Å²) in [6.45, 7) is 5.14. The van der Waals surface area contributed by atoms with Crippen LogP contribution in [0.25, 0.3) is 0 Å². The number of hydrogen-bond donors (Lipinski definition) is 1. The van der Waals surface area contributed by atoms with Crippen molar-refractivity contribution < 1.29 is 4.39 Å². The SMILES string of the molecule is CC(C)C1CCCC(CN)(N(C)c2ccccc2F)C1. The third-order valence-corrected chi connectivity index (χ3v) is 5.11. The smallest absolute Gasteiger partial charge is 0.146 e. The predicted molar refractivity (Wildman–Crippen MR) is 83.4 cm³/mol. The monoisotopic (exact) mass is 278 g/mol. The summed E-state index contributed by atoms with van der Waals surface area (Å²) in [5.41, 5.74) is 6.69. The van der Waals surface area contributed by atoms with Crippen molar-refractivity contribution in [2.24, 2.45) is 17.6 Å². The van der Waals surface area contributed by atoms with Crippen LogP contribution in [-0.4, -0.2) is 19.1 Å². The standard InChI is InChI=1S/C17H27FN2/c1-13(2)14-7-6-10-17(11-14,12-19)20(3)16-9-5-4-8-15(16)18/h4-5,8-9,13-14H,6-7,10-12,19H2,1-3H3. The van der Waals surface area contributed by atoms with Crippen LogP contribution in [0, 0.1) is 17.7 Å². The van der Waals surface area contributed by atoms with Gasteiger partial charge in [0, 0.05) is 13.6 Å². The van der Waals surface area contributed by atoms with Crippen LogP contribution in [-0.2, 0) is 0 Å². The van der Waals surface area contributed by atoms with Gasteiger partial charge in [-0.2, -0.15) is 0 Å². The van der Waals surface area contributed by atoms with Gasteiger partial charge in [-0.1, -0.05) is 38.8 Å². The molecule has 112 valence electrons. The molecule has 0 aliphatic heterocycles. The van der Waals surface area contributed by atoms with Gasteiger partial charge >= 0.3 is 0 Å². The highest BCUT2D eigenvalue weighted by molar-refractivity contribution is 5.50. The van der Waals surface area contributed by atoms with Gasteiger partial charge in [0.25, 0.3) is 0 Å². The first-order valence-corrected chi connectivity index (χ1v) is 7.68. The van der Waals surface area contributed by atoms with Crippen LogP contribution in [0.3, 0.4) is 0 Å². The summed E-state index contributed by atoms with van der Waals surface area (Å²) in [6, 6.07) is 7.01. The molecule has 3 heteroatoms. The van der Waals surface area contributed by atoms with Crippen LogP contribution in [0.15, 0.2) is 24.3 Å². The van der Waals surface area contributed by atoms with Crippen LogP contribution < -0.4 is 10.6 Å². The van der Waals surface area contributed by atoms with E-state index in [0.29, 0.717) is 24.1 Å². The van der Waals surface area contributed by atoms with Crippen molar-refractivity contribution in [2.75, 3.05) is 18.5 Å². The molecule has 1 aliphatic rings. The number of halogens is 1. The fourth-order valence-electron chi connectivity index (χ4n) is 3.56. The molecule has 20 heavy (non-hydrogen) atoms. The van der Waals surface area contributed by atoms with E-state index in [1.165, 1.54) is 18.9 Å². The van der Waals surface area contributed by atoms with Gasteiger partial charge in [0.15, 0.2) is 0 Å². The summed E-state index contributed by atoms with van der Waals surface area (Å²) >= 11 is 0. The fraction of sp³-hybridized carbons (Fsp3) is 0.647. The maximum absolute atomic E-state index is 14.1. The Bertz CT molecular complexity index is 446. The molecule has 1 aliphatic carbocycles. The lowest BCUT2D eigenvalue weighted by Gasteiger charge is -2.48. The van der Waals surface area contributed by atoms with E-state index in [1.54, 1.807) is 6.07 Å². The Hall–Kier alpha value is -1.09. The summed E-state index contributed by atoms with van der Waals surface area (Å²) in [5.74, 6) is 1.19. The number of rotatable bonds is 4. The van der Waals surface area contributed by atoms with Crippen molar-refractivity contribution in [3.8, 4) is 0 Å². The van der Waals surface area contributed by atoms with Gasteiger partial charge in [0.05, 0.1) is 11.2 Å². The molecule has 0 heterocycles. The van der Waals surface area contributed by atoms with Gasteiger partial charge in [0.1, 0.15) is 5.82 Å². The van der Waals surface area contributed by atoms with E-state index in [9.17, 15) is 4.39 Å². The van der Waals surface area contributed by atoms with Gasteiger partial charge in [0.2, 0.25) is 0 Å². The Labute approximate surface area is 122 Å². The van der Waals surface area contributed by atoms with Crippen LogP contribution in [0.1, 0.15) is 39.5 Å². The molecule has 2 nitrogen and oxygen atoms in total. The van der Waals surface area contributed by atoms with Crippen molar-refractivity contribution in [3.63, 3.8) is 0 Å². The van der Waals surface area contributed by atoms with E-state index in [2.05, 4.69) is 18.7 Å². The highest BCUT2D eigenvalue weighted by Crippen LogP contribution is 2.41. The summed E-state index contributed by atoms with van der Waals surface area (Å²) in [5, 5.41) is 0. The second-order valence-corrected chi connectivity index (χ2v) is 6.54. The summed E-state index contributed by atoms with van der Waals surface area (Å²) in [6.07, 6.45) is 4.56. The van der Waals surface area contributed by atoms with E-state index in [-0.39, 0.29) is 11.4 Å². The lowest BCUT2D eigenvalue weighted by Crippen LogP contribution is -2.55. The topological polar surface area (TPSA) is 29.3 Å². The van der Waals surface area contributed by atoms with Crippen LogP contribution in [0.5, 0.6) is 0 Å². The lowest BCUT2D eigenvalue weighted by molar-refractivity contribution is 0.182. The maximum Gasteiger partial charge on any atom is 0.146 e. The predicted octanol–water partition coefficient (Wildman–Crippen LogP) is 3.81. The van der Waals surface area contributed by atoms with Crippen LogP contribution >= 0.6 is 0 Å². The van der Waals surface area contributed by atoms with Crippen molar-refractivity contribution >= 4 is 5.69 Å². The Balaban J connectivity index is 2.28. The third-order valence-electron chi connectivity index (χ3n) is 5.11. The van der Waals surface area contributed by atoms with Crippen molar-refractivity contribution in [3.05, 3.63) is 30.1 Å². The van der Waals surface area contributed by atoms with E-state index < -0.39 is 0 Å². The minimum Gasteiger partial charge on any atom is -0.365 e. The number of benzene rings is 1. The number of nitrogens with zero attached hydrogens (tertiary/aromatic N) is 1. The molecule has 1 aromatic rings. The molecule has 2 atom stereocenters. The molecule has 2 N–H and O–H groups in total. The van der Waals surface area contributed by atoms with Gasteiger partial charge in [-0.05, 0) is 36.8 Å². The zero-order chi connectivity index (χ0) is 14.8. The minimum atomic E-state index is -0.158. The fourth-order valence-corrected chi connectivity index (χ4v) is 3.56. The summed E-state index contributed by atoms with van der Waals surface area (Å²) in [4.78, 5) is 2.09. The molecule has 1 saturated carbocycles. The van der Waals surface area contributed by atoms with E-state index in [4.69, 9.17) is 5.73 Å². The van der Waals surface area contributed by atoms with Crippen molar-refractivity contribution in [1.82, 2.24) is 0 Å². The Morgan fingerprint density at radius 3 is 2.70 bits per heavy atom. The van der Waals surface area contributed by atoms with Crippen LogP contribution in [0.4, 0.5) is 10.1 Å². The van der Waals surface area contributed by atoms with Gasteiger partial charge in [-0.25, -0.2) is 4.39 Å². The van der Waals surface area contributed by atoms with Gasteiger partial charge in [-0.3, -0.25) is 0 Å². The molecule has 0 aromatic heterocycles.